The molecule has 4 nitrogen and oxygen atoms in total. The summed E-state index contributed by atoms with van der Waals surface area (Å²) in [6, 6.07) is 0. The van der Waals surface area contributed by atoms with Crippen LogP contribution in [0.1, 0.15) is 43.7 Å². The maximum atomic E-state index is 11.3. The lowest BCUT2D eigenvalue weighted by Gasteiger charge is -1.97. The van der Waals surface area contributed by atoms with E-state index in [2.05, 4.69) is 5.10 Å². The summed E-state index contributed by atoms with van der Waals surface area (Å²) in [6.45, 7) is 10.7. The van der Waals surface area contributed by atoms with Crippen molar-refractivity contribution in [3.63, 3.8) is 0 Å². The van der Waals surface area contributed by atoms with Crippen LogP contribution in [0.5, 0.6) is 0 Å². The Balaban J connectivity index is 0.000000921. The molecule has 1 heterocycles. The van der Waals surface area contributed by atoms with Crippen LogP contribution in [0.3, 0.4) is 0 Å². The molecule has 15 heavy (non-hydrogen) atoms. The van der Waals surface area contributed by atoms with Crippen LogP contribution in [0.15, 0.2) is 6.20 Å². The molecule has 0 aliphatic carbocycles. The first-order valence-corrected chi connectivity index (χ1v) is 5.40. The van der Waals surface area contributed by atoms with Crippen LogP contribution in [0.4, 0.5) is 0 Å². The van der Waals surface area contributed by atoms with E-state index < -0.39 is 0 Å². The average molecular weight is 212 g/mol. The Morgan fingerprint density at radius 2 is 2.07 bits per heavy atom. The molecule has 0 aliphatic rings. The predicted molar refractivity (Wildman–Crippen MR) is 59.9 cm³/mol. The zero-order valence-electron chi connectivity index (χ0n) is 10.2. The number of nitrogens with zero attached hydrogens (tertiary/aromatic N) is 2. The number of hydrogen-bond acceptors (Lipinski definition) is 3. The average Bonchev–Trinajstić information content (AvgIpc) is 2.63. The van der Waals surface area contributed by atoms with Crippen molar-refractivity contribution in [1.29, 1.82) is 0 Å². The van der Waals surface area contributed by atoms with Crippen molar-refractivity contribution in [3.05, 3.63) is 17.5 Å². The molecule has 0 fully saturated rings. The van der Waals surface area contributed by atoms with Gasteiger partial charge in [0.15, 0.2) is 0 Å². The number of carbonyl (C=O) groups is 1. The third-order valence-electron chi connectivity index (χ3n) is 1.77. The van der Waals surface area contributed by atoms with Gasteiger partial charge in [0, 0.05) is 12.7 Å². The van der Waals surface area contributed by atoms with Crippen molar-refractivity contribution in [1.82, 2.24) is 9.78 Å². The molecule has 1 rings (SSSR count). The predicted octanol–water partition coefficient (Wildman–Crippen LogP) is 2.41. The van der Waals surface area contributed by atoms with E-state index in [0.717, 1.165) is 12.2 Å². The summed E-state index contributed by atoms with van der Waals surface area (Å²) in [5.41, 5.74) is 1.28. The van der Waals surface area contributed by atoms with E-state index >= 15 is 0 Å². The molecule has 4 heteroatoms. The molecular formula is C11H20N2O2. The standard InChI is InChI=1S/C9H14N2O2.C2H6/c1-4-11-6-8(7(3)10-11)9(12)13-5-2;1-2/h6H,4-5H2,1-3H3;1-2H3. The zero-order valence-corrected chi connectivity index (χ0v) is 10.2. The number of esters is 1. The topological polar surface area (TPSA) is 44.1 Å². The molecule has 1 aromatic heterocycles. The van der Waals surface area contributed by atoms with Gasteiger partial charge in [-0.2, -0.15) is 5.10 Å². The molecule has 0 unspecified atom stereocenters. The fourth-order valence-electron chi connectivity index (χ4n) is 1.09. The molecule has 0 bridgehead atoms. The molecular weight excluding hydrogens is 192 g/mol. The van der Waals surface area contributed by atoms with Crippen LogP contribution >= 0.6 is 0 Å². The molecule has 0 atom stereocenters. The highest BCUT2D eigenvalue weighted by atomic mass is 16.5. The Morgan fingerprint density at radius 3 is 2.47 bits per heavy atom. The lowest BCUT2D eigenvalue weighted by Crippen LogP contribution is -2.04. The van der Waals surface area contributed by atoms with Crippen LogP contribution in [0, 0.1) is 6.92 Å². The largest absolute Gasteiger partial charge is 0.462 e. The Kier molecular flexibility index (Phi) is 6.42. The third kappa shape index (κ3) is 3.73. The zero-order chi connectivity index (χ0) is 11.8. The highest BCUT2D eigenvalue weighted by Crippen LogP contribution is 2.07. The van der Waals surface area contributed by atoms with Gasteiger partial charge >= 0.3 is 5.97 Å². The van der Waals surface area contributed by atoms with E-state index in [9.17, 15) is 4.79 Å². The van der Waals surface area contributed by atoms with E-state index in [1.54, 1.807) is 24.7 Å². The fourth-order valence-corrected chi connectivity index (χ4v) is 1.09. The molecule has 0 N–H and O–H groups in total. The fraction of sp³-hybridized carbons (Fsp3) is 0.636. The molecule has 0 saturated carbocycles. The van der Waals surface area contributed by atoms with E-state index in [-0.39, 0.29) is 5.97 Å². The lowest BCUT2D eigenvalue weighted by molar-refractivity contribution is 0.0525. The maximum Gasteiger partial charge on any atom is 0.341 e. The number of rotatable bonds is 3. The minimum Gasteiger partial charge on any atom is -0.462 e. The molecule has 0 aliphatic heterocycles. The van der Waals surface area contributed by atoms with E-state index in [4.69, 9.17) is 4.74 Å². The van der Waals surface area contributed by atoms with Crippen LogP contribution in [0.25, 0.3) is 0 Å². The van der Waals surface area contributed by atoms with E-state index in [0.29, 0.717) is 12.2 Å². The Hall–Kier alpha value is -1.32. The van der Waals surface area contributed by atoms with E-state index in [1.807, 2.05) is 20.8 Å². The Morgan fingerprint density at radius 1 is 1.47 bits per heavy atom. The van der Waals surface area contributed by atoms with Gasteiger partial charge in [-0.1, -0.05) is 13.8 Å². The van der Waals surface area contributed by atoms with Gasteiger partial charge in [0.1, 0.15) is 5.56 Å². The summed E-state index contributed by atoms with van der Waals surface area (Å²) in [5, 5.41) is 4.15. The first kappa shape index (κ1) is 13.7. The minimum absolute atomic E-state index is 0.292. The molecule has 0 saturated heterocycles. The summed E-state index contributed by atoms with van der Waals surface area (Å²) >= 11 is 0. The minimum atomic E-state index is -0.292. The van der Waals surface area contributed by atoms with Crippen molar-refractivity contribution < 1.29 is 9.53 Å². The van der Waals surface area contributed by atoms with Gasteiger partial charge in [0.25, 0.3) is 0 Å². The van der Waals surface area contributed by atoms with Gasteiger partial charge in [0.2, 0.25) is 0 Å². The molecule has 0 aromatic carbocycles. The van der Waals surface area contributed by atoms with Crippen LogP contribution in [-0.4, -0.2) is 22.4 Å². The number of ether oxygens (including phenoxy) is 1. The second-order valence-corrected chi connectivity index (χ2v) is 2.70. The van der Waals surface area contributed by atoms with Crippen molar-refractivity contribution in [2.24, 2.45) is 0 Å². The van der Waals surface area contributed by atoms with Crippen LogP contribution in [0.2, 0.25) is 0 Å². The SMILES string of the molecule is CC.CCOC(=O)c1cn(CC)nc1C. The molecule has 0 radical (unpaired) electrons. The number of hydrogen-bond donors (Lipinski definition) is 0. The molecule has 0 amide bonds. The number of carbonyl (C=O) groups excluding carboxylic acids is 1. The monoisotopic (exact) mass is 212 g/mol. The maximum absolute atomic E-state index is 11.3. The van der Waals surface area contributed by atoms with Gasteiger partial charge < -0.3 is 4.74 Å². The van der Waals surface area contributed by atoms with Crippen molar-refractivity contribution >= 4 is 5.97 Å². The van der Waals surface area contributed by atoms with Gasteiger partial charge in [0.05, 0.1) is 12.3 Å². The summed E-state index contributed by atoms with van der Waals surface area (Å²) in [5.74, 6) is -0.292. The van der Waals surface area contributed by atoms with Gasteiger partial charge in [-0.3, -0.25) is 4.68 Å². The summed E-state index contributed by atoms with van der Waals surface area (Å²) in [7, 11) is 0. The number of aryl methyl sites for hydroxylation is 2. The van der Waals surface area contributed by atoms with Gasteiger partial charge in [-0.05, 0) is 20.8 Å². The molecule has 86 valence electrons. The van der Waals surface area contributed by atoms with Crippen molar-refractivity contribution in [3.8, 4) is 0 Å². The second kappa shape index (κ2) is 7.04. The Labute approximate surface area is 91.2 Å². The molecule has 0 spiro atoms. The van der Waals surface area contributed by atoms with Gasteiger partial charge in [-0.25, -0.2) is 4.79 Å². The quantitative estimate of drug-likeness (QED) is 0.723. The first-order valence-electron chi connectivity index (χ1n) is 5.40. The lowest BCUT2D eigenvalue weighted by atomic mass is 10.3. The highest BCUT2D eigenvalue weighted by molar-refractivity contribution is 5.90. The number of aromatic nitrogens is 2. The smallest absolute Gasteiger partial charge is 0.341 e. The normalized spacial score (nSPS) is 9.13. The van der Waals surface area contributed by atoms with Crippen LogP contribution in [-0.2, 0) is 11.3 Å². The van der Waals surface area contributed by atoms with Gasteiger partial charge in [-0.15, -0.1) is 0 Å². The Bertz CT molecular complexity index is 306. The van der Waals surface area contributed by atoms with Crippen LogP contribution < -0.4 is 0 Å². The summed E-state index contributed by atoms with van der Waals surface area (Å²) in [6.07, 6.45) is 1.72. The third-order valence-corrected chi connectivity index (χ3v) is 1.77. The highest BCUT2D eigenvalue weighted by Gasteiger charge is 2.13. The van der Waals surface area contributed by atoms with E-state index in [1.165, 1.54) is 0 Å². The summed E-state index contributed by atoms with van der Waals surface area (Å²) in [4.78, 5) is 11.3. The van der Waals surface area contributed by atoms with Crippen molar-refractivity contribution in [2.45, 2.75) is 41.2 Å². The van der Waals surface area contributed by atoms with Crippen molar-refractivity contribution in [2.75, 3.05) is 6.61 Å². The summed E-state index contributed by atoms with van der Waals surface area (Å²) < 4.78 is 6.60. The second-order valence-electron chi connectivity index (χ2n) is 2.70. The molecule has 1 aromatic rings. The first-order chi connectivity index (χ1) is 7.19.